The van der Waals surface area contributed by atoms with E-state index in [1.807, 2.05) is 65.6 Å². The Kier molecular flexibility index (Phi) is 7.09. The van der Waals surface area contributed by atoms with Gasteiger partial charge in [-0.15, -0.1) is 0 Å². The number of hydrogen-bond acceptors (Lipinski definition) is 5. The van der Waals surface area contributed by atoms with Crippen LogP contribution in [0.1, 0.15) is 28.5 Å². The van der Waals surface area contributed by atoms with E-state index in [9.17, 15) is 14.7 Å². The first-order valence-electron chi connectivity index (χ1n) is 12.2. The van der Waals surface area contributed by atoms with Crippen molar-refractivity contribution in [2.75, 3.05) is 26.3 Å². The Balaban J connectivity index is 1.46. The summed E-state index contributed by atoms with van der Waals surface area (Å²) in [6, 6.07) is 26.2. The summed E-state index contributed by atoms with van der Waals surface area (Å²) in [6.45, 7) is 2.17. The number of morpholine rings is 1. The first-order chi connectivity index (χ1) is 17.6. The van der Waals surface area contributed by atoms with E-state index >= 15 is 0 Å². The zero-order valence-corrected chi connectivity index (χ0v) is 19.9. The molecule has 2 unspecified atom stereocenters. The molecule has 2 N–H and O–H groups in total. The van der Waals surface area contributed by atoms with Crippen LogP contribution in [0, 0.1) is 11.8 Å². The van der Waals surface area contributed by atoms with Crippen molar-refractivity contribution in [3.63, 3.8) is 0 Å². The number of rotatable bonds is 6. The van der Waals surface area contributed by atoms with Crippen molar-refractivity contribution in [1.29, 1.82) is 0 Å². The van der Waals surface area contributed by atoms with E-state index in [4.69, 9.17) is 4.74 Å². The van der Waals surface area contributed by atoms with Gasteiger partial charge in [-0.1, -0.05) is 72.8 Å². The summed E-state index contributed by atoms with van der Waals surface area (Å²) in [5, 5.41) is 13.8. The van der Waals surface area contributed by atoms with Gasteiger partial charge in [0.05, 0.1) is 31.3 Å². The minimum absolute atomic E-state index is 0.0633. The van der Waals surface area contributed by atoms with E-state index in [0.29, 0.717) is 31.9 Å². The number of nitrogens with one attached hydrogen (secondary N) is 1. The van der Waals surface area contributed by atoms with E-state index in [0.717, 1.165) is 11.1 Å². The van der Waals surface area contributed by atoms with Crippen LogP contribution in [0.5, 0.6) is 5.75 Å². The van der Waals surface area contributed by atoms with Crippen molar-refractivity contribution < 1.29 is 19.4 Å². The summed E-state index contributed by atoms with van der Waals surface area (Å²) in [7, 11) is 0. The predicted molar refractivity (Wildman–Crippen MR) is 137 cm³/mol. The number of carbonyl (C=O) groups excluding carboxylic acids is 2. The van der Waals surface area contributed by atoms with Crippen LogP contribution in [0.3, 0.4) is 0 Å². The van der Waals surface area contributed by atoms with Crippen molar-refractivity contribution in [2.24, 2.45) is 16.9 Å². The normalized spacial score (nSPS) is 23.7. The predicted octanol–water partition coefficient (Wildman–Crippen LogP) is 3.51. The zero-order valence-electron chi connectivity index (χ0n) is 19.9. The minimum Gasteiger partial charge on any atom is -0.508 e. The molecule has 2 aliphatic rings. The second kappa shape index (κ2) is 10.7. The summed E-state index contributed by atoms with van der Waals surface area (Å²) in [6.07, 6.45) is 1.50. The van der Waals surface area contributed by atoms with Gasteiger partial charge in [-0.2, -0.15) is 5.10 Å². The standard InChI is InChI=1S/C29H29N3O4/c33-23-13-7-8-20(18-23)19-30-31-28(34)26-24(21-9-3-1-4-10-21)27(25(26)22-11-5-2-6-12-22)29(35)32-14-16-36-17-15-32/h1-13,18-19,24-27,33H,14-17H2,(H,31,34)/b30-19+. The lowest BCUT2D eigenvalue weighted by Gasteiger charge is -2.52. The lowest BCUT2D eigenvalue weighted by molar-refractivity contribution is -0.151. The first kappa shape index (κ1) is 23.8. The Bertz CT molecular complexity index is 1180. The van der Waals surface area contributed by atoms with Gasteiger partial charge in [-0.25, -0.2) is 5.43 Å². The van der Waals surface area contributed by atoms with Gasteiger partial charge in [0.1, 0.15) is 5.75 Å². The minimum atomic E-state index is -0.467. The molecular formula is C29H29N3O4. The van der Waals surface area contributed by atoms with Crippen molar-refractivity contribution in [1.82, 2.24) is 10.3 Å². The molecule has 2 amide bonds. The molecule has 184 valence electrons. The third-order valence-corrected chi connectivity index (χ3v) is 7.09. The Hall–Kier alpha value is -3.97. The third-order valence-electron chi connectivity index (χ3n) is 7.09. The SMILES string of the molecule is O=C(N/N=C/c1cccc(O)c1)C1C(c2ccccc2)C(C(=O)N2CCOCC2)C1c1ccccc1. The largest absolute Gasteiger partial charge is 0.508 e. The molecule has 5 rings (SSSR count). The van der Waals surface area contributed by atoms with E-state index < -0.39 is 5.92 Å². The fourth-order valence-electron chi connectivity index (χ4n) is 5.41. The zero-order chi connectivity index (χ0) is 24.9. The molecule has 7 nitrogen and oxygen atoms in total. The van der Waals surface area contributed by atoms with Gasteiger partial charge in [0, 0.05) is 24.9 Å². The maximum atomic E-state index is 13.8. The number of ether oxygens (including phenoxy) is 1. The Morgan fingerprint density at radius 1 is 0.861 bits per heavy atom. The van der Waals surface area contributed by atoms with Crippen LogP contribution in [-0.2, 0) is 14.3 Å². The number of phenolic OH excluding ortho intramolecular Hbond substituents is 1. The van der Waals surface area contributed by atoms with E-state index in [1.165, 1.54) is 6.21 Å². The quantitative estimate of drug-likeness (QED) is 0.415. The van der Waals surface area contributed by atoms with Crippen molar-refractivity contribution in [3.05, 3.63) is 102 Å². The molecule has 0 bridgehead atoms. The van der Waals surface area contributed by atoms with Crippen LogP contribution in [0.15, 0.2) is 90.0 Å². The molecule has 0 spiro atoms. The molecule has 3 aromatic rings. The van der Waals surface area contributed by atoms with Gasteiger partial charge in [0.25, 0.3) is 0 Å². The maximum Gasteiger partial charge on any atom is 0.244 e. The molecule has 7 heteroatoms. The van der Waals surface area contributed by atoms with Gasteiger partial charge in [0.15, 0.2) is 0 Å². The van der Waals surface area contributed by atoms with E-state index in [-0.39, 0.29) is 35.3 Å². The van der Waals surface area contributed by atoms with Crippen LogP contribution in [0.2, 0.25) is 0 Å². The van der Waals surface area contributed by atoms with Gasteiger partial charge in [-0.05, 0) is 28.8 Å². The average molecular weight is 484 g/mol. The summed E-state index contributed by atoms with van der Waals surface area (Å²) in [4.78, 5) is 29.3. The second-order valence-electron chi connectivity index (χ2n) is 9.19. The van der Waals surface area contributed by atoms with Crippen LogP contribution >= 0.6 is 0 Å². The number of phenols is 1. The highest BCUT2D eigenvalue weighted by Gasteiger charge is 2.58. The average Bonchev–Trinajstić information content (AvgIpc) is 2.90. The fraction of sp³-hybridized carbons (Fsp3) is 0.276. The summed E-state index contributed by atoms with van der Waals surface area (Å²) in [5.41, 5.74) is 5.30. The monoisotopic (exact) mass is 483 g/mol. The second-order valence-corrected chi connectivity index (χ2v) is 9.19. The number of hydrogen-bond donors (Lipinski definition) is 2. The fourth-order valence-corrected chi connectivity index (χ4v) is 5.41. The highest BCUT2D eigenvalue weighted by molar-refractivity contribution is 5.91. The lowest BCUT2D eigenvalue weighted by Crippen LogP contribution is -2.57. The van der Waals surface area contributed by atoms with Gasteiger partial charge < -0.3 is 14.7 Å². The molecule has 1 aliphatic carbocycles. The number of carbonyl (C=O) groups is 2. The van der Waals surface area contributed by atoms with Crippen molar-refractivity contribution in [3.8, 4) is 5.75 Å². The Labute approximate surface area is 210 Å². The Morgan fingerprint density at radius 2 is 1.47 bits per heavy atom. The topological polar surface area (TPSA) is 91.2 Å². The number of amides is 2. The summed E-state index contributed by atoms with van der Waals surface area (Å²) in [5.74, 6) is -1.43. The first-order valence-corrected chi connectivity index (χ1v) is 12.2. The Morgan fingerprint density at radius 3 is 2.06 bits per heavy atom. The molecule has 36 heavy (non-hydrogen) atoms. The smallest absolute Gasteiger partial charge is 0.244 e. The van der Waals surface area contributed by atoms with Gasteiger partial charge >= 0.3 is 0 Å². The summed E-state index contributed by atoms with van der Waals surface area (Å²) < 4.78 is 5.46. The van der Waals surface area contributed by atoms with Crippen LogP contribution < -0.4 is 5.43 Å². The number of aromatic hydroxyl groups is 1. The van der Waals surface area contributed by atoms with Crippen molar-refractivity contribution >= 4 is 18.0 Å². The lowest BCUT2D eigenvalue weighted by atomic mass is 9.51. The van der Waals surface area contributed by atoms with E-state index in [2.05, 4.69) is 10.5 Å². The molecule has 2 atom stereocenters. The molecule has 0 radical (unpaired) electrons. The molecule has 1 heterocycles. The van der Waals surface area contributed by atoms with Crippen molar-refractivity contribution in [2.45, 2.75) is 11.8 Å². The third kappa shape index (κ3) is 4.88. The molecule has 0 aromatic heterocycles. The van der Waals surface area contributed by atoms with Gasteiger partial charge in [-0.3, -0.25) is 9.59 Å². The van der Waals surface area contributed by atoms with E-state index in [1.54, 1.807) is 24.3 Å². The molecule has 1 saturated heterocycles. The van der Waals surface area contributed by atoms with Crippen LogP contribution in [0.25, 0.3) is 0 Å². The number of hydrazone groups is 1. The molecule has 2 fully saturated rings. The highest BCUT2D eigenvalue weighted by atomic mass is 16.5. The van der Waals surface area contributed by atoms with Crippen LogP contribution in [-0.4, -0.2) is 54.3 Å². The highest BCUT2D eigenvalue weighted by Crippen LogP contribution is 2.58. The molecule has 3 aromatic carbocycles. The molecule has 1 aliphatic heterocycles. The molecule has 1 saturated carbocycles. The summed E-state index contributed by atoms with van der Waals surface area (Å²) >= 11 is 0. The maximum absolute atomic E-state index is 13.8. The van der Waals surface area contributed by atoms with Gasteiger partial charge in [0.2, 0.25) is 11.8 Å². The molecular weight excluding hydrogens is 454 g/mol. The number of benzene rings is 3. The number of nitrogens with zero attached hydrogens (tertiary/aromatic N) is 2. The van der Waals surface area contributed by atoms with Crippen LogP contribution in [0.4, 0.5) is 0 Å².